The summed E-state index contributed by atoms with van der Waals surface area (Å²) in [6, 6.07) is 4.62. The molecule has 1 aromatic rings. The normalized spacial score (nSPS) is 21.6. The first-order valence-electron chi connectivity index (χ1n) is 6.15. The summed E-state index contributed by atoms with van der Waals surface area (Å²) in [5.41, 5.74) is 3.40. The van der Waals surface area contributed by atoms with Gasteiger partial charge in [-0.3, -0.25) is 20.3 Å². The number of halogens is 2. The maximum Gasteiger partial charge on any atom is 0.337 e. The summed E-state index contributed by atoms with van der Waals surface area (Å²) in [7, 11) is 0. The number of alkyl halides is 2. The highest BCUT2D eigenvalue weighted by atomic mass is 35.5. The van der Waals surface area contributed by atoms with E-state index in [0.29, 0.717) is 0 Å². The molecule has 2 rings (SSSR count). The number of nitro benzene ring substituents is 1. The Balaban J connectivity index is 1.88. The van der Waals surface area contributed by atoms with E-state index < -0.39 is 26.6 Å². The van der Waals surface area contributed by atoms with Crippen molar-refractivity contribution in [2.24, 2.45) is 5.41 Å². The molecule has 0 radical (unpaired) electrons. The largest absolute Gasteiger partial charge is 0.337 e. The third kappa shape index (κ3) is 3.23. The second-order valence-electron chi connectivity index (χ2n) is 5.05. The fourth-order valence-corrected chi connectivity index (χ4v) is 2.46. The van der Waals surface area contributed by atoms with Gasteiger partial charge in [0.2, 0.25) is 5.91 Å². The zero-order valence-electron chi connectivity index (χ0n) is 11.4. The summed E-state index contributed by atoms with van der Waals surface area (Å²) in [6.07, 6.45) is 0.281. The highest BCUT2D eigenvalue weighted by Crippen LogP contribution is 2.63. The third-order valence-electron chi connectivity index (χ3n) is 3.36. The molecule has 0 spiro atoms. The maximum atomic E-state index is 11.8. The van der Waals surface area contributed by atoms with E-state index in [9.17, 15) is 19.7 Å². The van der Waals surface area contributed by atoms with Gasteiger partial charge in [0.15, 0.2) is 0 Å². The van der Waals surface area contributed by atoms with Gasteiger partial charge >= 0.3 is 6.03 Å². The Labute approximate surface area is 135 Å². The molecule has 1 fully saturated rings. The van der Waals surface area contributed by atoms with E-state index in [4.69, 9.17) is 23.2 Å². The molecule has 10 heteroatoms. The van der Waals surface area contributed by atoms with Gasteiger partial charge in [-0.2, -0.15) is 0 Å². The molecular formula is C12H12Cl2N4O4. The van der Waals surface area contributed by atoms with Crippen molar-refractivity contribution in [2.45, 2.75) is 17.7 Å². The molecule has 0 heterocycles. The summed E-state index contributed by atoms with van der Waals surface area (Å²) in [6.45, 7) is 1.57. The fourth-order valence-electron chi connectivity index (χ4n) is 1.76. The molecule has 118 valence electrons. The number of hydrogen-bond donors (Lipinski definition) is 3. The third-order valence-corrected chi connectivity index (χ3v) is 4.46. The SMILES string of the molecule is C[C@@]1(C(=O)NNC(=O)Nc2cccc([N+](=O)[O-])c2)CC1(Cl)Cl. The van der Waals surface area contributed by atoms with Crippen LogP contribution in [0, 0.1) is 15.5 Å². The van der Waals surface area contributed by atoms with E-state index in [1.54, 1.807) is 6.92 Å². The maximum absolute atomic E-state index is 11.8. The molecule has 0 aromatic heterocycles. The molecule has 0 unspecified atom stereocenters. The molecule has 22 heavy (non-hydrogen) atoms. The lowest BCUT2D eigenvalue weighted by Gasteiger charge is -2.13. The number of urea groups is 1. The average Bonchev–Trinajstić information content (AvgIpc) is 2.96. The van der Waals surface area contributed by atoms with E-state index >= 15 is 0 Å². The molecule has 1 aromatic carbocycles. The number of benzene rings is 1. The van der Waals surface area contributed by atoms with Gasteiger partial charge in [-0.15, -0.1) is 23.2 Å². The number of carbonyl (C=O) groups excluding carboxylic acids is 2. The summed E-state index contributed by atoms with van der Waals surface area (Å²) in [5, 5.41) is 13.0. The van der Waals surface area contributed by atoms with Gasteiger partial charge < -0.3 is 5.32 Å². The first-order chi connectivity index (χ1) is 10.2. The van der Waals surface area contributed by atoms with Crippen LogP contribution in [0.25, 0.3) is 0 Å². The zero-order valence-corrected chi connectivity index (χ0v) is 12.9. The number of hydrogen-bond acceptors (Lipinski definition) is 4. The van der Waals surface area contributed by atoms with E-state index in [2.05, 4.69) is 16.2 Å². The molecule has 0 saturated heterocycles. The number of anilines is 1. The second kappa shape index (κ2) is 5.62. The molecule has 1 saturated carbocycles. The standard InChI is InChI=1S/C12H12Cl2N4O4/c1-11(6-12(11,13)14)9(19)16-17-10(20)15-7-3-2-4-8(5-7)18(21)22/h2-5H,6H2,1H3,(H,16,19)(H2,15,17,20)/t11-/m0/s1. The lowest BCUT2D eigenvalue weighted by Crippen LogP contribution is -2.47. The topological polar surface area (TPSA) is 113 Å². The van der Waals surface area contributed by atoms with Gasteiger partial charge in [-0.05, 0) is 19.4 Å². The summed E-state index contributed by atoms with van der Waals surface area (Å²) in [4.78, 5) is 33.5. The van der Waals surface area contributed by atoms with E-state index in [1.165, 1.54) is 24.3 Å². The zero-order chi connectivity index (χ0) is 16.5. The minimum atomic E-state index is -1.14. The Bertz CT molecular complexity index is 652. The number of nitrogens with one attached hydrogen (secondary N) is 3. The van der Waals surface area contributed by atoms with Crippen LogP contribution in [0.2, 0.25) is 0 Å². The monoisotopic (exact) mass is 346 g/mol. The van der Waals surface area contributed by atoms with Crippen molar-refractivity contribution < 1.29 is 14.5 Å². The fraction of sp³-hybridized carbons (Fsp3) is 0.333. The van der Waals surface area contributed by atoms with Crippen LogP contribution in [-0.2, 0) is 4.79 Å². The van der Waals surface area contributed by atoms with E-state index in [1.807, 2.05) is 0 Å². The van der Waals surface area contributed by atoms with Crippen LogP contribution >= 0.6 is 23.2 Å². The summed E-state index contributed by atoms with van der Waals surface area (Å²) in [5.74, 6) is -0.522. The molecular weight excluding hydrogens is 335 g/mol. The van der Waals surface area contributed by atoms with E-state index in [0.717, 1.165) is 0 Å². The minimum absolute atomic E-state index is 0.165. The van der Waals surface area contributed by atoms with Crippen LogP contribution in [0.1, 0.15) is 13.3 Å². The van der Waals surface area contributed by atoms with Gasteiger partial charge in [0.1, 0.15) is 4.33 Å². The molecule has 0 aliphatic heterocycles. The first kappa shape index (κ1) is 16.3. The number of nitro groups is 1. The Morgan fingerprint density at radius 1 is 1.32 bits per heavy atom. The molecule has 1 aliphatic carbocycles. The smallest absolute Gasteiger partial charge is 0.306 e. The first-order valence-corrected chi connectivity index (χ1v) is 6.91. The quantitative estimate of drug-likeness (QED) is 0.442. The van der Waals surface area contributed by atoms with Crippen molar-refractivity contribution in [3.63, 3.8) is 0 Å². The van der Waals surface area contributed by atoms with Crippen LogP contribution in [-0.4, -0.2) is 21.2 Å². The van der Waals surface area contributed by atoms with Crippen LogP contribution < -0.4 is 16.2 Å². The summed E-state index contributed by atoms with van der Waals surface area (Å²) >= 11 is 11.7. The number of carbonyl (C=O) groups is 2. The number of hydrazine groups is 1. The lowest BCUT2D eigenvalue weighted by atomic mass is 10.1. The van der Waals surface area contributed by atoms with Gasteiger partial charge in [0.05, 0.1) is 10.3 Å². The van der Waals surface area contributed by atoms with Crippen molar-refractivity contribution in [3.05, 3.63) is 34.4 Å². The molecule has 1 aliphatic rings. The van der Waals surface area contributed by atoms with Crippen LogP contribution in [0.15, 0.2) is 24.3 Å². The Morgan fingerprint density at radius 3 is 2.50 bits per heavy atom. The van der Waals surface area contributed by atoms with Gasteiger partial charge in [0.25, 0.3) is 5.69 Å². The van der Waals surface area contributed by atoms with E-state index in [-0.39, 0.29) is 17.8 Å². The predicted molar refractivity (Wildman–Crippen MR) is 80.6 cm³/mol. The van der Waals surface area contributed by atoms with Crippen molar-refractivity contribution in [1.82, 2.24) is 10.9 Å². The number of rotatable bonds is 3. The van der Waals surface area contributed by atoms with Crippen molar-refractivity contribution in [2.75, 3.05) is 5.32 Å². The van der Waals surface area contributed by atoms with Gasteiger partial charge in [0, 0.05) is 17.8 Å². The highest BCUT2D eigenvalue weighted by molar-refractivity contribution is 6.53. The minimum Gasteiger partial charge on any atom is -0.306 e. The Morgan fingerprint density at radius 2 is 1.95 bits per heavy atom. The molecule has 1 atom stereocenters. The highest BCUT2D eigenvalue weighted by Gasteiger charge is 2.68. The molecule has 0 bridgehead atoms. The second-order valence-corrected chi connectivity index (χ2v) is 6.54. The Hall–Kier alpha value is -2.06. The predicted octanol–water partition coefficient (Wildman–Crippen LogP) is 2.33. The van der Waals surface area contributed by atoms with Crippen molar-refractivity contribution in [3.8, 4) is 0 Å². The van der Waals surface area contributed by atoms with Crippen LogP contribution in [0.3, 0.4) is 0 Å². The van der Waals surface area contributed by atoms with Gasteiger partial charge in [-0.1, -0.05) is 6.07 Å². The number of non-ortho nitro benzene ring substituents is 1. The van der Waals surface area contributed by atoms with Crippen LogP contribution in [0.4, 0.5) is 16.2 Å². The molecule has 8 nitrogen and oxygen atoms in total. The number of nitrogens with zero attached hydrogens (tertiary/aromatic N) is 1. The van der Waals surface area contributed by atoms with Crippen molar-refractivity contribution in [1.29, 1.82) is 0 Å². The average molecular weight is 347 g/mol. The summed E-state index contributed by atoms with van der Waals surface area (Å²) < 4.78 is -1.14. The van der Waals surface area contributed by atoms with Gasteiger partial charge in [-0.25, -0.2) is 10.2 Å². The number of amides is 3. The molecule has 3 amide bonds. The van der Waals surface area contributed by atoms with Crippen molar-refractivity contribution >= 4 is 46.5 Å². The Kier molecular flexibility index (Phi) is 4.17. The molecule has 3 N–H and O–H groups in total. The van der Waals surface area contributed by atoms with Crippen LogP contribution in [0.5, 0.6) is 0 Å². The lowest BCUT2D eigenvalue weighted by molar-refractivity contribution is -0.384.